The van der Waals surface area contributed by atoms with Crippen LogP contribution in [-0.2, 0) is 22.6 Å². The molecule has 6 nitrogen and oxygen atoms in total. The number of carboxylic acid groups (broad SMARTS) is 1. The fourth-order valence-corrected chi connectivity index (χ4v) is 1.38. The van der Waals surface area contributed by atoms with Crippen LogP contribution < -0.4 is 5.32 Å². The van der Waals surface area contributed by atoms with E-state index in [2.05, 4.69) is 10.3 Å². The monoisotopic (exact) mass is 212 g/mol. The number of hydrogen-bond acceptors (Lipinski definition) is 5. The number of rotatable bonds is 4. The van der Waals surface area contributed by atoms with Crippen LogP contribution in [0.5, 0.6) is 0 Å². The number of hydrogen-bond donors (Lipinski definition) is 2. The van der Waals surface area contributed by atoms with Crippen LogP contribution in [0.1, 0.15) is 17.9 Å². The van der Waals surface area contributed by atoms with E-state index in [0.717, 1.165) is 17.9 Å². The first-order valence-corrected chi connectivity index (χ1v) is 4.77. The minimum absolute atomic E-state index is 0.0452. The lowest BCUT2D eigenvalue weighted by Gasteiger charge is -2.07. The summed E-state index contributed by atoms with van der Waals surface area (Å²) in [5.41, 5.74) is 0.902. The molecule has 0 radical (unpaired) electrons. The van der Waals surface area contributed by atoms with Crippen molar-refractivity contribution < 1.29 is 19.1 Å². The lowest BCUT2D eigenvalue weighted by molar-refractivity contribution is -0.136. The van der Waals surface area contributed by atoms with Crippen molar-refractivity contribution in [2.75, 3.05) is 18.5 Å². The van der Waals surface area contributed by atoms with Gasteiger partial charge in [-0.25, -0.2) is 0 Å². The third kappa shape index (κ3) is 2.47. The van der Waals surface area contributed by atoms with Crippen LogP contribution in [0.2, 0.25) is 0 Å². The number of carbonyl (C=O) groups is 1. The van der Waals surface area contributed by atoms with E-state index in [0.29, 0.717) is 25.8 Å². The molecule has 0 aliphatic carbocycles. The Kier molecular flexibility index (Phi) is 2.86. The second-order valence-corrected chi connectivity index (χ2v) is 3.26. The average molecular weight is 212 g/mol. The molecule has 1 aliphatic heterocycles. The molecular formula is C9H12N2O4. The molecule has 1 aliphatic rings. The van der Waals surface area contributed by atoms with Crippen LogP contribution in [0.4, 0.5) is 6.01 Å². The van der Waals surface area contributed by atoms with Gasteiger partial charge < -0.3 is 19.6 Å². The van der Waals surface area contributed by atoms with Crippen molar-refractivity contribution in [1.82, 2.24) is 4.98 Å². The van der Waals surface area contributed by atoms with Gasteiger partial charge in [0.2, 0.25) is 0 Å². The molecular weight excluding hydrogens is 200 g/mol. The maximum atomic E-state index is 10.3. The molecule has 6 heteroatoms. The van der Waals surface area contributed by atoms with Crippen molar-refractivity contribution in [3.8, 4) is 0 Å². The van der Waals surface area contributed by atoms with Gasteiger partial charge in [-0.15, -0.1) is 0 Å². The molecule has 0 saturated heterocycles. The van der Waals surface area contributed by atoms with Gasteiger partial charge in [0.05, 0.1) is 18.7 Å². The first kappa shape index (κ1) is 9.97. The predicted octanol–water partition coefficient (Wildman–Crippen LogP) is 0.634. The Hall–Kier alpha value is -1.56. The molecule has 82 valence electrons. The van der Waals surface area contributed by atoms with E-state index in [4.69, 9.17) is 14.3 Å². The minimum atomic E-state index is -0.845. The standard InChI is InChI=1S/C9H12N2O4/c12-8(13)1-3-10-9-11-6-2-4-14-5-7(6)15-9/h1-5H2,(H,10,11)(H,12,13). The Morgan fingerprint density at radius 3 is 3.20 bits per heavy atom. The van der Waals surface area contributed by atoms with Gasteiger partial charge in [-0.3, -0.25) is 4.79 Å². The van der Waals surface area contributed by atoms with Crippen LogP contribution in [0.25, 0.3) is 0 Å². The second-order valence-electron chi connectivity index (χ2n) is 3.26. The van der Waals surface area contributed by atoms with E-state index < -0.39 is 5.97 Å². The summed E-state index contributed by atoms with van der Waals surface area (Å²) in [6.45, 7) is 1.42. The van der Waals surface area contributed by atoms with Gasteiger partial charge in [-0.2, -0.15) is 4.98 Å². The van der Waals surface area contributed by atoms with Gasteiger partial charge >= 0.3 is 5.97 Å². The second kappa shape index (κ2) is 4.31. The van der Waals surface area contributed by atoms with Crippen molar-refractivity contribution in [3.05, 3.63) is 11.5 Å². The molecule has 0 bridgehead atoms. The van der Waals surface area contributed by atoms with Gasteiger partial charge in [0, 0.05) is 13.0 Å². The van der Waals surface area contributed by atoms with Crippen LogP contribution >= 0.6 is 0 Å². The highest BCUT2D eigenvalue weighted by Crippen LogP contribution is 2.20. The summed E-state index contributed by atoms with van der Waals surface area (Å²) in [5, 5.41) is 11.3. The van der Waals surface area contributed by atoms with E-state index in [1.807, 2.05) is 0 Å². The number of oxazole rings is 1. The summed E-state index contributed by atoms with van der Waals surface area (Å²) < 4.78 is 10.5. The van der Waals surface area contributed by atoms with E-state index in [-0.39, 0.29) is 6.42 Å². The largest absolute Gasteiger partial charge is 0.481 e. The van der Waals surface area contributed by atoms with Crippen LogP contribution in [0.15, 0.2) is 4.42 Å². The number of nitrogens with one attached hydrogen (secondary N) is 1. The highest BCUT2D eigenvalue weighted by Gasteiger charge is 2.16. The summed E-state index contributed by atoms with van der Waals surface area (Å²) in [6, 6.07) is 0.381. The maximum absolute atomic E-state index is 10.3. The Morgan fingerprint density at radius 1 is 1.60 bits per heavy atom. The smallest absolute Gasteiger partial charge is 0.305 e. The van der Waals surface area contributed by atoms with E-state index in [9.17, 15) is 4.79 Å². The van der Waals surface area contributed by atoms with Crippen molar-refractivity contribution in [1.29, 1.82) is 0 Å². The van der Waals surface area contributed by atoms with Gasteiger partial charge in [-0.05, 0) is 0 Å². The number of fused-ring (bicyclic) bond motifs is 1. The summed E-state index contributed by atoms with van der Waals surface area (Å²) in [6.07, 6.45) is 0.795. The molecule has 2 rings (SSSR count). The summed E-state index contributed by atoms with van der Waals surface area (Å²) in [5.74, 6) is -0.110. The normalized spacial score (nSPS) is 14.7. The van der Waals surface area contributed by atoms with Gasteiger partial charge in [0.25, 0.3) is 6.01 Å². The first-order chi connectivity index (χ1) is 7.25. The van der Waals surface area contributed by atoms with E-state index >= 15 is 0 Å². The Labute approximate surface area is 86.2 Å². The molecule has 0 aromatic carbocycles. The zero-order valence-corrected chi connectivity index (χ0v) is 8.15. The Balaban J connectivity index is 1.92. The van der Waals surface area contributed by atoms with Gasteiger partial charge in [-0.1, -0.05) is 0 Å². The number of ether oxygens (including phenoxy) is 1. The zero-order valence-electron chi connectivity index (χ0n) is 8.15. The molecule has 0 amide bonds. The van der Waals surface area contributed by atoms with E-state index in [1.165, 1.54) is 0 Å². The molecule has 0 unspecified atom stereocenters. The van der Waals surface area contributed by atoms with Gasteiger partial charge in [0.15, 0.2) is 5.76 Å². The molecule has 0 saturated carbocycles. The third-order valence-electron chi connectivity index (χ3n) is 2.11. The topological polar surface area (TPSA) is 84.6 Å². The number of aliphatic carboxylic acids is 1. The maximum Gasteiger partial charge on any atom is 0.305 e. The molecule has 0 atom stereocenters. The van der Waals surface area contributed by atoms with Crippen molar-refractivity contribution >= 4 is 12.0 Å². The molecule has 1 aromatic heterocycles. The SMILES string of the molecule is O=C(O)CCNc1nc2c(o1)COCC2. The lowest BCUT2D eigenvalue weighted by atomic mass is 10.2. The minimum Gasteiger partial charge on any atom is -0.481 e. The van der Waals surface area contributed by atoms with Crippen molar-refractivity contribution in [2.24, 2.45) is 0 Å². The quantitative estimate of drug-likeness (QED) is 0.761. The van der Waals surface area contributed by atoms with E-state index in [1.54, 1.807) is 0 Å². The summed E-state index contributed by atoms with van der Waals surface area (Å²) >= 11 is 0. The third-order valence-corrected chi connectivity index (χ3v) is 2.11. The van der Waals surface area contributed by atoms with Gasteiger partial charge in [0.1, 0.15) is 6.61 Å². The van der Waals surface area contributed by atoms with Crippen molar-refractivity contribution in [2.45, 2.75) is 19.4 Å². The summed E-state index contributed by atoms with van der Waals surface area (Å²) in [4.78, 5) is 14.5. The molecule has 15 heavy (non-hydrogen) atoms. The predicted molar refractivity (Wildman–Crippen MR) is 50.6 cm³/mol. The van der Waals surface area contributed by atoms with Crippen LogP contribution in [0, 0.1) is 0 Å². The number of nitrogens with zero attached hydrogens (tertiary/aromatic N) is 1. The Morgan fingerprint density at radius 2 is 2.47 bits per heavy atom. The highest BCUT2D eigenvalue weighted by atomic mass is 16.5. The fourth-order valence-electron chi connectivity index (χ4n) is 1.38. The first-order valence-electron chi connectivity index (χ1n) is 4.77. The number of aromatic nitrogens is 1. The zero-order chi connectivity index (χ0) is 10.7. The fraction of sp³-hybridized carbons (Fsp3) is 0.556. The van der Waals surface area contributed by atoms with Crippen molar-refractivity contribution in [3.63, 3.8) is 0 Å². The lowest BCUT2D eigenvalue weighted by Crippen LogP contribution is -2.08. The average Bonchev–Trinajstić information content (AvgIpc) is 2.59. The molecule has 1 aromatic rings. The molecule has 2 N–H and O–H groups in total. The summed E-state index contributed by atoms with van der Waals surface area (Å²) in [7, 11) is 0. The molecule has 2 heterocycles. The number of anilines is 1. The highest BCUT2D eigenvalue weighted by molar-refractivity contribution is 5.67. The molecule has 0 spiro atoms. The Bertz CT molecular complexity index is 337. The molecule has 0 fully saturated rings. The van der Waals surface area contributed by atoms with Crippen LogP contribution in [0.3, 0.4) is 0 Å². The van der Waals surface area contributed by atoms with Crippen LogP contribution in [-0.4, -0.2) is 29.2 Å². The number of carboxylic acids is 1.